The lowest BCUT2D eigenvalue weighted by Crippen LogP contribution is -2.04. The molecule has 0 aliphatic rings. The minimum atomic E-state index is 0.627. The number of rotatable bonds is 4. The third kappa shape index (κ3) is 2.55. The summed E-state index contributed by atoms with van der Waals surface area (Å²) in [5, 5.41) is 0. The van der Waals surface area contributed by atoms with Gasteiger partial charge in [0.1, 0.15) is 0 Å². The average molecular weight is 249 g/mol. The van der Waals surface area contributed by atoms with Crippen molar-refractivity contribution in [1.82, 2.24) is 14.5 Å². The number of aromatic nitrogens is 3. The van der Waals surface area contributed by atoms with Gasteiger partial charge in [-0.15, -0.1) is 0 Å². The second kappa shape index (κ2) is 5.14. The van der Waals surface area contributed by atoms with E-state index in [0.717, 1.165) is 23.3 Å². The van der Waals surface area contributed by atoms with Gasteiger partial charge < -0.3 is 14.3 Å². The van der Waals surface area contributed by atoms with Crippen molar-refractivity contribution < 1.29 is 4.74 Å². The maximum Gasteiger partial charge on any atom is 0.213 e. The highest BCUT2D eigenvalue weighted by Gasteiger charge is 2.04. The number of hydrogen-bond acceptors (Lipinski definition) is 3. The molecule has 0 spiro atoms. The van der Waals surface area contributed by atoms with Crippen LogP contribution in [0.2, 0.25) is 0 Å². The lowest BCUT2D eigenvalue weighted by molar-refractivity contribution is 0.397. The van der Waals surface area contributed by atoms with Gasteiger partial charge in [-0.1, -0.05) is 6.92 Å². The lowest BCUT2D eigenvalue weighted by atomic mass is 10.2. The maximum absolute atomic E-state index is 5.26. The van der Waals surface area contributed by atoms with Gasteiger partial charge in [-0.2, -0.15) is 0 Å². The topological polar surface area (TPSA) is 42.8 Å². The second-order valence-electron chi connectivity index (χ2n) is 3.73. The number of aromatic amines is 1. The SMILES string of the molecule is CCc1c[nH]c(=S)n1Cc1ccnc(OC)c1. The van der Waals surface area contributed by atoms with Crippen molar-refractivity contribution in [3.05, 3.63) is 40.6 Å². The normalized spacial score (nSPS) is 10.5. The summed E-state index contributed by atoms with van der Waals surface area (Å²) in [5.41, 5.74) is 2.33. The first-order valence-corrected chi connectivity index (χ1v) is 5.91. The monoisotopic (exact) mass is 249 g/mol. The zero-order valence-electron chi connectivity index (χ0n) is 9.93. The summed E-state index contributed by atoms with van der Waals surface area (Å²) in [6.45, 7) is 2.85. The molecule has 0 fully saturated rings. The molecule has 0 aromatic carbocycles. The number of methoxy groups -OCH3 is 1. The molecule has 0 amide bonds. The number of ether oxygens (including phenoxy) is 1. The molecule has 0 aliphatic carbocycles. The molecule has 2 aromatic rings. The number of imidazole rings is 1. The highest BCUT2D eigenvalue weighted by Crippen LogP contribution is 2.12. The summed E-state index contributed by atoms with van der Waals surface area (Å²) >= 11 is 5.26. The number of hydrogen-bond donors (Lipinski definition) is 1. The van der Waals surface area contributed by atoms with Gasteiger partial charge in [0.05, 0.1) is 13.7 Å². The molecule has 2 aromatic heterocycles. The number of nitrogens with zero attached hydrogens (tertiary/aromatic N) is 2. The van der Waals surface area contributed by atoms with Gasteiger partial charge in [-0.05, 0) is 30.3 Å². The quantitative estimate of drug-likeness (QED) is 0.847. The molecule has 2 rings (SSSR count). The fourth-order valence-electron chi connectivity index (χ4n) is 1.74. The molecule has 0 atom stereocenters. The Morgan fingerprint density at radius 2 is 2.35 bits per heavy atom. The molecule has 2 heterocycles. The Balaban J connectivity index is 2.30. The molecule has 0 radical (unpaired) electrons. The Morgan fingerprint density at radius 1 is 1.53 bits per heavy atom. The van der Waals surface area contributed by atoms with E-state index in [1.807, 2.05) is 18.3 Å². The molecule has 4 nitrogen and oxygen atoms in total. The van der Waals surface area contributed by atoms with E-state index in [-0.39, 0.29) is 0 Å². The van der Waals surface area contributed by atoms with Crippen molar-refractivity contribution in [3.8, 4) is 5.88 Å². The van der Waals surface area contributed by atoms with Gasteiger partial charge in [0.15, 0.2) is 4.77 Å². The Kier molecular flexibility index (Phi) is 3.58. The third-order valence-electron chi connectivity index (χ3n) is 2.67. The van der Waals surface area contributed by atoms with E-state index in [1.54, 1.807) is 13.3 Å². The molecule has 1 N–H and O–H groups in total. The minimum absolute atomic E-state index is 0.627. The Morgan fingerprint density at radius 3 is 3.06 bits per heavy atom. The predicted octanol–water partition coefficient (Wildman–Crippen LogP) is 2.56. The molecule has 0 saturated carbocycles. The van der Waals surface area contributed by atoms with Crippen molar-refractivity contribution in [2.24, 2.45) is 0 Å². The summed E-state index contributed by atoms with van der Waals surface area (Å²) in [7, 11) is 1.62. The number of aryl methyl sites for hydroxylation is 1. The summed E-state index contributed by atoms with van der Waals surface area (Å²) in [5.74, 6) is 0.627. The van der Waals surface area contributed by atoms with Gasteiger partial charge in [0.25, 0.3) is 0 Å². The lowest BCUT2D eigenvalue weighted by Gasteiger charge is -2.07. The van der Waals surface area contributed by atoms with Crippen molar-refractivity contribution >= 4 is 12.2 Å². The predicted molar refractivity (Wildman–Crippen MR) is 68.9 cm³/mol. The van der Waals surface area contributed by atoms with E-state index < -0.39 is 0 Å². The van der Waals surface area contributed by atoms with Gasteiger partial charge in [-0.3, -0.25) is 0 Å². The highest BCUT2D eigenvalue weighted by molar-refractivity contribution is 7.71. The van der Waals surface area contributed by atoms with E-state index in [9.17, 15) is 0 Å². The van der Waals surface area contributed by atoms with Crippen LogP contribution in [0.4, 0.5) is 0 Å². The number of nitrogens with one attached hydrogen (secondary N) is 1. The molecule has 0 saturated heterocycles. The van der Waals surface area contributed by atoms with Crippen LogP contribution in [0, 0.1) is 4.77 Å². The fraction of sp³-hybridized carbons (Fsp3) is 0.333. The summed E-state index contributed by atoms with van der Waals surface area (Å²) in [6, 6.07) is 3.89. The number of pyridine rings is 1. The van der Waals surface area contributed by atoms with E-state index in [1.165, 1.54) is 5.69 Å². The van der Waals surface area contributed by atoms with Crippen LogP contribution in [-0.2, 0) is 13.0 Å². The van der Waals surface area contributed by atoms with E-state index in [4.69, 9.17) is 17.0 Å². The highest BCUT2D eigenvalue weighted by atomic mass is 32.1. The summed E-state index contributed by atoms with van der Waals surface area (Å²) in [6.07, 6.45) is 4.66. The molecule has 0 unspecified atom stereocenters. The van der Waals surface area contributed by atoms with Gasteiger partial charge in [-0.25, -0.2) is 4.98 Å². The van der Waals surface area contributed by atoms with E-state index in [0.29, 0.717) is 5.88 Å². The second-order valence-corrected chi connectivity index (χ2v) is 4.12. The minimum Gasteiger partial charge on any atom is -0.481 e. The van der Waals surface area contributed by atoms with Crippen LogP contribution in [0.1, 0.15) is 18.2 Å². The fourth-order valence-corrected chi connectivity index (χ4v) is 1.98. The van der Waals surface area contributed by atoms with Gasteiger partial charge >= 0.3 is 0 Å². The molecule has 90 valence electrons. The Hall–Kier alpha value is -1.62. The molecule has 17 heavy (non-hydrogen) atoms. The zero-order chi connectivity index (χ0) is 12.3. The van der Waals surface area contributed by atoms with E-state index in [2.05, 4.69) is 21.5 Å². The van der Waals surface area contributed by atoms with E-state index >= 15 is 0 Å². The summed E-state index contributed by atoms with van der Waals surface area (Å²) in [4.78, 5) is 7.15. The summed E-state index contributed by atoms with van der Waals surface area (Å²) < 4.78 is 7.94. The molecule has 5 heteroatoms. The standard InChI is InChI=1S/C12H15N3OS/c1-3-10-7-14-12(17)15(10)8-9-4-5-13-11(6-9)16-2/h4-7H,3,8H2,1-2H3,(H,14,17). The molecule has 0 aliphatic heterocycles. The maximum atomic E-state index is 5.26. The molecular formula is C12H15N3OS. The molecular weight excluding hydrogens is 234 g/mol. The van der Waals surface area contributed by atoms with Crippen LogP contribution in [-0.4, -0.2) is 21.6 Å². The van der Waals surface area contributed by atoms with Crippen molar-refractivity contribution in [2.45, 2.75) is 19.9 Å². The number of H-pyrrole nitrogens is 1. The first-order chi connectivity index (χ1) is 8.24. The van der Waals surface area contributed by atoms with Crippen LogP contribution in [0.3, 0.4) is 0 Å². The van der Waals surface area contributed by atoms with Crippen LogP contribution in [0.25, 0.3) is 0 Å². The van der Waals surface area contributed by atoms with Crippen LogP contribution >= 0.6 is 12.2 Å². The van der Waals surface area contributed by atoms with Crippen molar-refractivity contribution in [1.29, 1.82) is 0 Å². The van der Waals surface area contributed by atoms with Crippen molar-refractivity contribution in [2.75, 3.05) is 7.11 Å². The smallest absolute Gasteiger partial charge is 0.213 e. The van der Waals surface area contributed by atoms with Crippen LogP contribution < -0.4 is 4.74 Å². The van der Waals surface area contributed by atoms with Gasteiger partial charge in [0.2, 0.25) is 5.88 Å². The Labute approximate surface area is 105 Å². The first kappa shape index (κ1) is 11.9. The van der Waals surface area contributed by atoms with Crippen LogP contribution in [0.5, 0.6) is 5.88 Å². The Bertz CT molecular complexity index is 559. The average Bonchev–Trinajstić information content (AvgIpc) is 2.71. The zero-order valence-corrected chi connectivity index (χ0v) is 10.8. The largest absolute Gasteiger partial charge is 0.481 e. The van der Waals surface area contributed by atoms with Crippen LogP contribution in [0.15, 0.2) is 24.5 Å². The third-order valence-corrected chi connectivity index (χ3v) is 3.00. The van der Waals surface area contributed by atoms with Crippen molar-refractivity contribution in [3.63, 3.8) is 0 Å². The molecule has 0 bridgehead atoms. The van der Waals surface area contributed by atoms with Gasteiger partial charge in [0, 0.05) is 24.2 Å². The first-order valence-electron chi connectivity index (χ1n) is 5.50.